The van der Waals surface area contributed by atoms with Crippen LogP contribution in [0.5, 0.6) is 5.75 Å². The zero-order valence-corrected chi connectivity index (χ0v) is 13.1. The van der Waals surface area contributed by atoms with Crippen LogP contribution < -0.4 is 15.8 Å². The number of benzene rings is 2. The quantitative estimate of drug-likeness (QED) is 0.825. The monoisotopic (exact) mass is 318 g/mol. The first-order chi connectivity index (χ1) is 10.6. The summed E-state index contributed by atoms with van der Waals surface area (Å²) in [6.07, 6.45) is 0. The van der Waals surface area contributed by atoms with Gasteiger partial charge >= 0.3 is 0 Å². The standard InChI is InChI=1S/C17H19ClN2O2/c1-12(17(19)21)20-10-13-6-8-15(9-7-13)22-11-14-4-2-3-5-16(14)18/h2-9,12,20H,10-11H2,1H3,(H2,19,21)/t12-/m0/s1. The Kier molecular flexibility index (Phi) is 5.81. The average Bonchev–Trinajstić information content (AvgIpc) is 2.52. The Morgan fingerprint density at radius 1 is 1.23 bits per heavy atom. The molecule has 2 rings (SSSR count). The van der Waals surface area contributed by atoms with E-state index in [1.807, 2.05) is 48.5 Å². The van der Waals surface area contributed by atoms with Gasteiger partial charge in [0.1, 0.15) is 12.4 Å². The van der Waals surface area contributed by atoms with Crippen molar-refractivity contribution in [3.63, 3.8) is 0 Å². The van der Waals surface area contributed by atoms with E-state index in [4.69, 9.17) is 22.1 Å². The summed E-state index contributed by atoms with van der Waals surface area (Å²) in [5.74, 6) is 0.409. The minimum Gasteiger partial charge on any atom is -0.489 e. The number of nitrogens with two attached hydrogens (primary N) is 1. The fourth-order valence-corrected chi connectivity index (χ4v) is 2.04. The zero-order chi connectivity index (χ0) is 15.9. The van der Waals surface area contributed by atoms with E-state index < -0.39 is 0 Å². The SMILES string of the molecule is C[C@H](NCc1ccc(OCc2ccccc2Cl)cc1)C(N)=O. The molecule has 0 bridgehead atoms. The Morgan fingerprint density at radius 2 is 1.91 bits per heavy atom. The van der Waals surface area contributed by atoms with Crippen LogP contribution in [-0.2, 0) is 17.9 Å². The molecular weight excluding hydrogens is 300 g/mol. The van der Waals surface area contributed by atoms with E-state index in [2.05, 4.69) is 5.32 Å². The second kappa shape index (κ2) is 7.82. The molecule has 116 valence electrons. The van der Waals surface area contributed by atoms with Crippen molar-refractivity contribution < 1.29 is 9.53 Å². The summed E-state index contributed by atoms with van der Waals surface area (Å²) in [4.78, 5) is 11.0. The Hall–Kier alpha value is -2.04. The average molecular weight is 319 g/mol. The molecule has 0 unspecified atom stereocenters. The summed E-state index contributed by atoms with van der Waals surface area (Å²) < 4.78 is 5.71. The van der Waals surface area contributed by atoms with E-state index in [-0.39, 0.29) is 11.9 Å². The molecule has 4 nitrogen and oxygen atoms in total. The lowest BCUT2D eigenvalue weighted by molar-refractivity contribution is -0.119. The lowest BCUT2D eigenvalue weighted by atomic mass is 10.2. The first kappa shape index (κ1) is 16.3. The van der Waals surface area contributed by atoms with E-state index in [9.17, 15) is 4.79 Å². The molecule has 0 fully saturated rings. The van der Waals surface area contributed by atoms with Crippen molar-refractivity contribution in [3.05, 3.63) is 64.7 Å². The largest absolute Gasteiger partial charge is 0.489 e. The molecule has 0 saturated heterocycles. The summed E-state index contributed by atoms with van der Waals surface area (Å²) >= 11 is 6.09. The molecule has 1 atom stereocenters. The van der Waals surface area contributed by atoms with Gasteiger partial charge < -0.3 is 15.8 Å². The highest BCUT2D eigenvalue weighted by atomic mass is 35.5. The highest BCUT2D eigenvalue weighted by Crippen LogP contribution is 2.19. The van der Waals surface area contributed by atoms with Gasteiger partial charge in [0.25, 0.3) is 0 Å². The van der Waals surface area contributed by atoms with Crippen LogP contribution in [0.15, 0.2) is 48.5 Å². The van der Waals surface area contributed by atoms with Crippen molar-refractivity contribution >= 4 is 17.5 Å². The predicted molar refractivity (Wildman–Crippen MR) is 87.7 cm³/mol. The zero-order valence-electron chi connectivity index (χ0n) is 12.4. The number of ether oxygens (including phenoxy) is 1. The molecule has 0 aromatic heterocycles. The summed E-state index contributed by atoms with van der Waals surface area (Å²) in [6.45, 7) is 2.74. The molecule has 5 heteroatoms. The third-order valence-electron chi connectivity index (χ3n) is 3.31. The van der Waals surface area contributed by atoms with Crippen LogP contribution in [0.3, 0.4) is 0 Å². The summed E-state index contributed by atoms with van der Waals surface area (Å²) in [5, 5.41) is 3.75. The molecule has 3 N–H and O–H groups in total. The lowest BCUT2D eigenvalue weighted by Gasteiger charge is -2.11. The second-order valence-electron chi connectivity index (χ2n) is 5.03. The maximum Gasteiger partial charge on any atom is 0.234 e. The Morgan fingerprint density at radius 3 is 2.55 bits per heavy atom. The number of carbonyl (C=O) groups is 1. The maximum absolute atomic E-state index is 11.0. The van der Waals surface area contributed by atoms with E-state index in [0.29, 0.717) is 18.2 Å². The molecule has 0 heterocycles. The molecule has 0 radical (unpaired) electrons. The topological polar surface area (TPSA) is 64.3 Å². The van der Waals surface area contributed by atoms with Crippen molar-refractivity contribution in [2.75, 3.05) is 0 Å². The van der Waals surface area contributed by atoms with Gasteiger partial charge in [-0.05, 0) is 30.7 Å². The Bertz CT molecular complexity index is 629. The maximum atomic E-state index is 11.0. The summed E-state index contributed by atoms with van der Waals surface area (Å²) in [6, 6.07) is 14.9. The highest BCUT2D eigenvalue weighted by Gasteiger charge is 2.07. The minimum absolute atomic E-state index is 0.351. The second-order valence-corrected chi connectivity index (χ2v) is 5.44. The Labute approximate surface area is 135 Å². The highest BCUT2D eigenvalue weighted by molar-refractivity contribution is 6.31. The molecule has 0 spiro atoms. The van der Waals surface area contributed by atoms with Gasteiger partial charge in [-0.2, -0.15) is 0 Å². The number of hydrogen-bond donors (Lipinski definition) is 2. The molecular formula is C17H19ClN2O2. The molecule has 22 heavy (non-hydrogen) atoms. The summed E-state index contributed by atoms with van der Waals surface area (Å²) in [7, 11) is 0. The fraction of sp³-hybridized carbons (Fsp3) is 0.235. The number of carbonyl (C=O) groups excluding carboxylic acids is 1. The normalized spacial score (nSPS) is 11.9. The first-order valence-electron chi connectivity index (χ1n) is 7.04. The van der Waals surface area contributed by atoms with Crippen molar-refractivity contribution in [2.45, 2.75) is 26.1 Å². The van der Waals surface area contributed by atoms with Gasteiger partial charge in [-0.1, -0.05) is 41.9 Å². The van der Waals surface area contributed by atoms with Gasteiger partial charge in [-0.25, -0.2) is 0 Å². The van der Waals surface area contributed by atoms with E-state index in [1.54, 1.807) is 6.92 Å². The van der Waals surface area contributed by atoms with Crippen LogP contribution >= 0.6 is 11.6 Å². The van der Waals surface area contributed by atoms with Crippen LogP contribution in [-0.4, -0.2) is 11.9 Å². The minimum atomic E-state index is -0.361. The first-order valence-corrected chi connectivity index (χ1v) is 7.42. The molecule has 0 aliphatic carbocycles. The van der Waals surface area contributed by atoms with Crippen LogP contribution in [0.25, 0.3) is 0 Å². The summed E-state index contributed by atoms with van der Waals surface area (Å²) in [5.41, 5.74) is 7.20. The molecule has 1 amide bonds. The van der Waals surface area contributed by atoms with Crippen molar-refractivity contribution in [1.29, 1.82) is 0 Å². The molecule has 0 aliphatic rings. The lowest BCUT2D eigenvalue weighted by Crippen LogP contribution is -2.38. The number of hydrogen-bond acceptors (Lipinski definition) is 3. The fourth-order valence-electron chi connectivity index (χ4n) is 1.85. The number of rotatable bonds is 7. The van der Waals surface area contributed by atoms with Crippen LogP contribution in [0.1, 0.15) is 18.1 Å². The number of halogens is 1. The van der Waals surface area contributed by atoms with Gasteiger partial charge in [0, 0.05) is 17.1 Å². The molecule has 0 saturated carbocycles. The van der Waals surface area contributed by atoms with Crippen LogP contribution in [0.2, 0.25) is 5.02 Å². The predicted octanol–water partition coefficient (Wildman–Crippen LogP) is 2.88. The van der Waals surface area contributed by atoms with Gasteiger partial charge in [-0.15, -0.1) is 0 Å². The number of primary amides is 1. The van der Waals surface area contributed by atoms with Crippen LogP contribution in [0.4, 0.5) is 0 Å². The Balaban J connectivity index is 1.87. The van der Waals surface area contributed by atoms with E-state index in [0.717, 1.165) is 16.9 Å². The number of amides is 1. The molecule has 2 aromatic rings. The van der Waals surface area contributed by atoms with E-state index >= 15 is 0 Å². The molecule has 0 aliphatic heterocycles. The molecule has 2 aromatic carbocycles. The smallest absolute Gasteiger partial charge is 0.234 e. The van der Waals surface area contributed by atoms with E-state index in [1.165, 1.54) is 0 Å². The van der Waals surface area contributed by atoms with Gasteiger partial charge in [0.05, 0.1) is 6.04 Å². The van der Waals surface area contributed by atoms with Crippen molar-refractivity contribution in [2.24, 2.45) is 5.73 Å². The van der Waals surface area contributed by atoms with Gasteiger partial charge in [0.15, 0.2) is 0 Å². The van der Waals surface area contributed by atoms with Crippen LogP contribution in [0, 0.1) is 0 Å². The van der Waals surface area contributed by atoms with Crippen molar-refractivity contribution in [3.8, 4) is 5.75 Å². The van der Waals surface area contributed by atoms with Gasteiger partial charge in [-0.3, -0.25) is 4.79 Å². The third kappa shape index (κ3) is 4.76. The van der Waals surface area contributed by atoms with Gasteiger partial charge in [0.2, 0.25) is 5.91 Å². The number of nitrogens with one attached hydrogen (secondary N) is 1. The van der Waals surface area contributed by atoms with Crippen molar-refractivity contribution in [1.82, 2.24) is 5.32 Å². The third-order valence-corrected chi connectivity index (χ3v) is 3.68.